The van der Waals surface area contributed by atoms with Gasteiger partial charge in [-0.2, -0.15) is 4.98 Å². The second kappa shape index (κ2) is 7.51. The van der Waals surface area contributed by atoms with Crippen molar-refractivity contribution < 1.29 is 0 Å². The van der Waals surface area contributed by atoms with Crippen molar-refractivity contribution in [3.63, 3.8) is 0 Å². The van der Waals surface area contributed by atoms with Crippen molar-refractivity contribution >= 4 is 33.7 Å². The molecular weight excluding hydrogens is 374 g/mol. The Hall–Kier alpha value is -3.87. The van der Waals surface area contributed by atoms with E-state index in [0.717, 1.165) is 33.8 Å². The zero-order chi connectivity index (χ0) is 20.5. The van der Waals surface area contributed by atoms with Gasteiger partial charge in [0.05, 0.1) is 11.0 Å². The van der Waals surface area contributed by atoms with Gasteiger partial charge in [0.1, 0.15) is 11.6 Å². The lowest BCUT2D eigenvalue weighted by molar-refractivity contribution is 1.04. The molecule has 2 aromatic carbocycles. The molecule has 3 aromatic heterocycles. The van der Waals surface area contributed by atoms with Crippen LogP contribution in [0.1, 0.15) is 22.6 Å². The van der Waals surface area contributed by atoms with Crippen molar-refractivity contribution in [2.75, 3.05) is 10.6 Å². The average Bonchev–Trinajstić information content (AvgIpc) is 3.30. The van der Waals surface area contributed by atoms with E-state index in [1.165, 1.54) is 16.6 Å². The van der Waals surface area contributed by atoms with E-state index in [1.54, 1.807) is 6.20 Å². The van der Waals surface area contributed by atoms with Crippen LogP contribution in [0.4, 0.5) is 11.8 Å². The molecule has 0 fully saturated rings. The lowest BCUT2D eigenvalue weighted by Gasteiger charge is -2.09. The van der Waals surface area contributed by atoms with Crippen LogP contribution in [-0.2, 0) is 13.1 Å². The first-order valence-corrected chi connectivity index (χ1v) is 9.97. The summed E-state index contributed by atoms with van der Waals surface area (Å²) in [6.45, 7) is 5.37. The maximum absolute atomic E-state index is 4.58. The van der Waals surface area contributed by atoms with Crippen molar-refractivity contribution in [1.29, 1.82) is 0 Å². The standard InChI is InChI=1S/C23H23N7/c1-14-9-18-10-16(3-5-19(18)27-14)13-26-23-24-8-7-22(30-23)25-12-17-4-6-20-21(11-17)29-15(2)28-20/h3-11,27H,12-13H2,1-2H3,(H,28,29)(H2,24,25,26,30). The number of benzene rings is 2. The first kappa shape index (κ1) is 18.2. The van der Waals surface area contributed by atoms with Crippen molar-refractivity contribution in [1.82, 2.24) is 24.9 Å². The highest BCUT2D eigenvalue weighted by Crippen LogP contribution is 2.18. The van der Waals surface area contributed by atoms with Crippen LogP contribution in [-0.4, -0.2) is 24.9 Å². The van der Waals surface area contributed by atoms with E-state index in [1.807, 2.05) is 19.1 Å². The fourth-order valence-corrected chi connectivity index (χ4v) is 3.65. The van der Waals surface area contributed by atoms with Crippen molar-refractivity contribution in [2.24, 2.45) is 0 Å². The molecule has 0 aliphatic carbocycles. The van der Waals surface area contributed by atoms with Gasteiger partial charge in [-0.25, -0.2) is 9.97 Å². The summed E-state index contributed by atoms with van der Waals surface area (Å²) in [4.78, 5) is 20.0. The number of aromatic nitrogens is 5. The van der Waals surface area contributed by atoms with Gasteiger partial charge in [0.15, 0.2) is 0 Å². The molecule has 0 saturated heterocycles. The Morgan fingerprint density at radius 2 is 1.63 bits per heavy atom. The fraction of sp³-hybridized carbons (Fsp3) is 0.174. The van der Waals surface area contributed by atoms with Crippen LogP contribution in [0, 0.1) is 13.8 Å². The normalized spacial score (nSPS) is 11.3. The Morgan fingerprint density at radius 3 is 2.57 bits per heavy atom. The molecule has 7 heteroatoms. The summed E-state index contributed by atoms with van der Waals surface area (Å²) in [6.07, 6.45) is 1.76. The lowest BCUT2D eigenvalue weighted by Crippen LogP contribution is -2.06. The van der Waals surface area contributed by atoms with Gasteiger partial charge in [0.25, 0.3) is 0 Å². The third-order valence-electron chi connectivity index (χ3n) is 5.06. The Bertz CT molecular complexity index is 1230. The summed E-state index contributed by atoms with van der Waals surface area (Å²) < 4.78 is 0. The summed E-state index contributed by atoms with van der Waals surface area (Å²) in [6, 6.07) is 16.7. The molecule has 7 nitrogen and oxygen atoms in total. The summed E-state index contributed by atoms with van der Waals surface area (Å²) in [5.74, 6) is 2.31. The van der Waals surface area contributed by atoms with Crippen LogP contribution >= 0.6 is 0 Å². The van der Waals surface area contributed by atoms with Crippen molar-refractivity contribution in [3.8, 4) is 0 Å². The number of aryl methyl sites for hydroxylation is 2. The highest BCUT2D eigenvalue weighted by molar-refractivity contribution is 5.81. The number of hydrogen-bond donors (Lipinski definition) is 4. The van der Waals surface area contributed by atoms with Crippen LogP contribution in [0.2, 0.25) is 0 Å². The molecule has 150 valence electrons. The number of aromatic amines is 2. The summed E-state index contributed by atoms with van der Waals surface area (Å²) in [5, 5.41) is 7.90. The molecule has 0 spiro atoms. The molecule has 0 aliphatic heterocycles. The molecule has 30 heavy (non-hydrogen) atoms. The zero-order valence-electron chi connectivity index (χ0n) is 17.0. The van der Waals surface area contributed by atoms with Crippen LogP contribution in [0.5, 0.6) is 0 Å². The largest absolute Gasteiger partial charge is 0.366 e. The highest BCUT2D eigenvalue weighted by Gasteiger charge is 2.04. The van der Waals surface area contributed by atoms with E-state index in [4.69, 9.17) is 0 Å². The van der Waals surface area contributed by atoms with E-state index in [2.05, 4.69) is 78.9 Å². The highest BCUT2D eigenvalue weighted by atomic mass is 15.1. The van der Waals surface area contributed by atoms with Crippen LogP contribution in [0.15, 0.2) is 54.7 Å². The van der Waals surface area contributed by atoms with Gasteiger partial charge in [0, 0.05) is 30.5 Å². The van der Waals surface area contributed by atoms with Gasteiger partial charge in [0.2, 0.25) is 5.95 Å². The number of imidazole rings is 1. The fourth-order valence-electron chi connectivity index (χ4n) is 3.65. The minimum atomic E-state index is 0.602. The number of rotatable bonds is 6. The minimum absolute atomic E-state index is 0.602. The number of fused-ring (bicyclic) bond motifs is 2. The SMILES string of the molecule is Cc1cc2cc(CNc3nccc(NCc4ccc5nc(C)[nH]c5c4)n3)ccc2[nH]1. The number of anilines is 2. The molecule has 3 heterocycles. The molecule has 0 aliphatic rings. The first-order chi connectivity index (χ1) is 14.6. The third kappa shape index (κ3) is 3.82. The molecule has 0 atom stereocenters. The van der Waals surface area contributed by atoms with E-state index in [-0.39, 0.29) is 0 Å². The Labute approximate surface area is 174 Å². The molecule has 0 bridgehead atoms. The molecule has 0 unspecified atom stereocenters. The maximum Gasteiger partial charge on any atom is 0.224 e. The van der Waals surface area contributed by atoms with Gasteiger partial charge in [-0.1, -0.05) is 12.1 Å². The molecule has 5 rings (SSSR count). The van der Waals surface area contributed by atoms with Crippen LogP contribution in [0.3, 0.4) is 0 Å². The Balaban J connectivity index is 1.23. The Kier molecular flexibility index (Phi) is 4.55. The van der Waals surface area contributed by atoms with E-state index >= 15 is 0 Å². The topological polar surface area (TPSA) is 94.3 Å². The maximum atomic E-state index is 4.58. The molecule has 0 saturated carbocycles. The summed E-state index contributed by atoms with van der Waals surface area (Å²) >= 11 is 0. The minimum Gasteiger partial charge on any atom is -0.366 e. The zero-order valence-corrected chi connectivity index (χ0v) is 17.0. The van der Waals surface area contributed by atoms with Crippen LogP contribution < -0.4 is 10.6 Å². The molecule has 4 N–H and O–H groups in total. The monoisotopic (exact) mass is 397 g/mol. The first-order valence-electron chi connectivity index (χ1n) is 9.97. The van der Waals surface area contributed by atoms with Gasteiger partial charge in [-0.15, -0.1) is 0 Å². The van der Waals surface area contributed by atoms with Gasteiger partial charge in [-0.05, 0) is 66.8 Å². The lowest BCUT2D eigenvalue weighted by atomic mass is 10.1. The van der Waals surface area contributed by atoms with Gasteiger partial charge in [-0.3, -0.25) is 0 Å². The van der Waals surface area contributed by atoms with E-state index in [9.17, 15) is 0 Å². The number of nitrogens with zero attached hydrogens (tertiary/aromatic N) is 3. The van der Waals surface area contributed by atoms with Gasteiger partial charge < -0.3 is 20.6 Å². The molecule has 0 radical (unpaired) electrons. The predicted octanol–water partition coefficient (Wildman–Crippen LogP) is 4.68. The van der Waals surface area contributed by atoms with Crippen LogP contribution in [0.25, 0.3) is 21.9 Å². The van der Waals surface area contributed by atoms with Gasteiger partial charge >= 0.3 is 0 Å². The van der Waals surface area contributed by atoms with Crippen molar-refractivity contribution in [3.05, 3.63) is 77.4 Å². The second-order valence-electron chi connectivity index (χ2n) is 7.52. The van der Waals surface area contributed by atoms with Crippen molar-refractivity contribution in [2.45, 2.75) is 26.9 Å². The number of H-pyrrole nitrogens is 2. The molecule has 5 aromatic rings. The predicted molar refractivity (Wildman–Crippen MR) is 121 cm³/mol. The molecular formula is C23H23N7. The quantitative estimate of drug-likeness (QED) is 0.334. The second-order valence-corrected chi connectivity index (χ2v) is 7.52. The average molecular weight is 397 g/mol. The van der Waals surface area contributed by atoms with E-state index in [0.29, 0.717) is 19.0 Å². The van der Waals surface area contributed by atoms with E-state index < -0.39 is 0 Å². The third-order valence-corrected chi connectivity index (χ3v) is 5.06. The molecule has 0 amide bonds. The summed E-state index contributed by atoms with van der Waals surface area (Å²) in [5.41, 5.74) is 6.70. The number of hydrogen-bond acceptors (Lipinski definition) is 5. The summed E-state index contributed by atoms with van der Waals surface area (Å²) in [7, 11) is 0. The smallest absolute Gasteiger partial charge is 0.224 e. The Morgan fingerprint density at radius 1 is 0.800 bits per heavy atom. The number of nitrogens with one attached hydrogen (secondary N) is 4.